The normalized spacial score (nSPS) is 31.1. The number of ketones is 2. The Morgan fingerprint density at radius 2 is 1.77 bits per heavy atom. The fourth-order valence-electron chi connectivity index (χ4n) is 3.54. The number of carbonyl (C=O) groups excluding carboxylic acids is 2. The number of carbonyl (C=O) groups is 2. The van der Waals surface area contributed by atoms with Crippen LogP contribution in [0.2, 0.25) is 0 Å². The Bertz CT molecular complexity index is 789. The van der Waals surface area contributed by atoms with Crippen LogP contribution in [0.3, 0.4) is 0 Å². The molecule has 114 valence electrons. The first kappa shape index (κ1) is 14.9. The van der Waals surface area contributed by atoms with Crippen LogP contribution in [0.5, 0.6) is 0 Å². The fourth-order valence-corrected chi connectivity index (χ4v) is 5.93. The topological polar surface area (TPSA) is 68.3 Å². The second-order valence-corrected chi connectivity index (χ2v) is 7.87. The van der Waals surface area contributed by atoms with Gasteiger partial charge in [-0.15, -0.1) is 0 Å². The third kappa shape index (κ3) is 1.78. The van der Waals surface area contributed by atoms with Crippen LogP contribution in [-0.4, -0.2) is 24.7 Å². The summed E-state index contributed by atoms with van der Waals surface area (Å²) >= 11 is 0. The first-order valence-corrected chi connectivity index (χ1v) is 8.63. The largest absolute Gasteiger partial charge is 0.294 e. The van der Waals surface area contributed by atoms with E-state index < -0.39 is 32.2 Å². The minimum atomic E-state index is -3.99. The molecular formula is C17H16O4S. The van der Waals surface area contributed by atoms with Gasteiger partial charge in [0, 0.05) is 5.92 Å². The zero-order chi connectivity index (χ0) is 16.0. The molecule has 3 atom stereocenters. The van der Waals surface area contributed by atoms with Crippen molar-refractivity contribution in [3.8, 4) is 0 Å². The lowest BCUT2D eigenvalue weighted by molar-refractivity contribution is -0.128. The molecule has 0 aliphatic heterocycles. The summed E-state index contributed by atoms with van der Waals surface area (Å²) in [5.41, 5.74) is 0. The van der Waals surface area contributed by atoms with Crippen molar-refractivity contribution in [2.24, 2.45) is 11.8 Å². The quantitative estimate of drug-likeness (QED) is 0.784. The Morgan fingerprint density at radius 1 is 1.09 bits per heavy atom. The van der Waals surface area contributed by atoms with Crippen molar-refractivity contribution in [1.82, 2.24) is 0 Å². The molecule has 0 amide bonds. The SMILES string of the molecule is C[C@@H]1C=CCC2C(=O)C=CC(=O)[C@@]21S(=O)(=O)c1ccccc1. The Morgan fingerprint density at radius 3 is 2.45 bits per heavy atom. The van der Waals surface area contributed by atoms with Gasteiger partial charge in [0.15, 0.2) is 26.2 Å². The highest BCUT2D eigenvalue weighted by Gasteiger charge is 2.62. The molecule has 2 aliphatic carbocycles. The molecule has 0 fully saturated rings. The lowest BCUT2D eigenvalue weighted by atomic mass is 9.69. The zero-order valence-electron chi connectivity index (χ0n) is 12.1. The maximum atomic E-state index is 13.3. The van der Waals surface area contributed by atoms with Crippen molar-refractivity contribution in [3.05, 3.63) is 54.6 Å². The van der Waals surface area contributed by atoms with Crippen LogP contribution in [0, 0.1) is 11.8 Å². The van der Waals surface area contributed by atoms with E-state index in [1.807, 2.05) is 0 Å². The lowest BCUT2D eigenvalue weighted by Gasteiger charge is -2.43. The number of benzene rings is 1. The summed E-state index contributed by atoms with van der Waals surface area (Å²) in [5.74, 6) is -2.21. The second-order valence-electron chi connectivity index (χ2n) is 5.71. The van der Waals surface area contributed by atoms with Crippen molar-refractivity contribution in [2.75, 3.05) is 0 Å². The third-order valence-electron chi connectivity index (χ3n) is 4.62. The van der Waals surface area contributed by atoms with E-state index in [4.69, 9.17) is 0 Å². The number of hydrogen-bond donors (Lipinski definition) is 0. The van der Waals surface area contributed by atoms with E-state index in [9.17, 15) is 18.0 Å². The van der Waals surface area contributed by atoms with Gasteiger partial charge >= 0.3 is 0 Å². The van der Waals surface area contributed by atoms with Gasteiger partial charge in [0.1, 0.15) is 0 Å². The maximum Gasteiger partial charge on any atom is 0.192 e. The highest BCUT2D eigenvalue weighted by molar-refractivity contribution is 7.93. The van der Waals surface area contributed by atoms with Gasteiger partial charge in [-0.2, -0.15) is 0 Å². The first-order chi connectivity index (χ1) is 10.4. The number of sulfone groups is 1. The van der Waals surface area contributed by atoms with E-state index in [0.29, 0.717) is 0 Å². The molecule has 0 bridgehead atoms. The summed E-state index contributed by atoms with van der Waals surface area (Å²) in [6.07, 6.45) is 6.11. The van der Waals surface area contributed by atoms with Gasteiger partial charge in [-0.05, 0) is 30.7 Å². The van der Waals surface area contributed by atoms with Crippen LogP contribution in [0.15, 0.2) is 59.5 Å². The average Bonchev–Trinajstić information content (AvgIpc) is 2.52. The van der Waals surface area contributed by atoms with Crippen LogP contribution < -0.4 is 0 Å². The Labute approximate surface area is 129 Å². The molecule has 0 spiro atoms. The van der Waals surface area contributed by atoms with Crippen molar-refractivity contribution >= 4 is 21.4 Å². The standard InChI is InChI=1S/C17H16O4S/c1-12-6-5-9-14-15(18)10-11-16(19)17(12,14)22(20,21)13-7-3-2-4-8-13/h2-8,10-12,14H,9H2,1H3/t12-,14?,17+/m1/s1. The number of allylic oxidation sites excluding steroid dienone is 4. The predicted molar refractivity (Wildman–Crippen MR) is 81.9 cm³/mol. The van der Waals surface area contributed by atoms with Crippen LogP contribution >= 0.6 is 0 Å². The van der Waals surface area contributed by atoms with Gasteiger partial charge in [0.05, 0.1) is 10.8 Å². The molecule has 2 aliphatic rings. The molecule has 22 heavy (non-hydrogen) atoms. The number of hydrogen-bond acceptors (Lipinski definition) is 4. The monoisotopic (exact) mass is 316 g/mol. The summed E-state index contributed by atoms with van der Waals surface area (Å²) in [5, 5.41) is 0. The summed E-state index contributed by atoms with van der Waals surface area (Å²) < 4.78 is 24.8. The van der Waals surface area contributed by atoms with E-state index in [1.165, 1.54) is 18.2 Å². The molecule has 0 saturated carbocycles. The van der Waals surface area contributed by atoms with Crippen LogP contribution in [-0.2, 0) is 19.4 Å². The molecule has 0 radical (unpaired) electrons. The van der Waals surface area contributed by atoms with Crippen molar-refractivity contribution in [2.45, 2.75) is 23.0 Å². The Balaban J connectivity index is 2.32. The van der Waals surface area contributed by atoms with Gasteiger partial charge in [-0.3, -0.25) is 9.59 Å². The minimum absolute atomic E-state index is 0.0820. The van der Waals surface area contributed by atoms with Crippen LogP contribution in [0.1, 0.15) is 13.3 Å². The molecule has 0 heterocycles. The second kappa shape index (κ2) is 5.02. The molecular weight excluding hydrogens is 300 g/mol. The highest BCUT2D eigenvalue weighted by atomic mass is 32.2. The van der Waals surface area contributed by atoms with Gasteiger partial charge in [0.25, 0.3) is 0 Å². The molecule has 1 aromatic carbocycles. The smallest absolute Gasteiger partial charge is 0.192 e. The molecule has 0 saturated heterocycles. The van der Waals surface area contributed by atoms with E-state index in [0.717, 1.165) is 6.08 Å². The molecule has 4 nitrogen and oxygen atoms in total. The fraction of sp³-hybridized carbons (Fsp3) is 0.294. The molecule has 5 heteroatoms. The average molecular weight is 316 g/mol. The highest BCUT2D eigenvalue weighted by Crippen LogP contribution is 2.47. The molecule has 0 aromatic heterocycles. The lowest BCUT2D eigenvalue weighted by Crippen LogP contribution is -2.60. The third-order valence-corrected chi connectivity index (χ3v) is 7.26. The predicted octanol–water partition coefficient (Wildman–Crippen LogP) is 2.12. The Kier molecular flexibility index (Phi) is 3.40. The van der Waals surface area contributed by atoms with E-state index in [2.05, 4.69) is 0 Å². The summed E-state index contributed by atoms with van der Waals surface area (Å²) in [4.78, 5) is 25.0. The van der Waals surface area contributed by atoms with Crippen molar-refractivity contribution < 1.29 is 18.0 Å². The van der Waals surface area contributed by atoms with Gasteiger partial charge in [-0.25, -0.2) is 8.42 Å². The summed E-state index contributed by atoms with van der Waals surface area (Å²) in [6.45, 7) is 1.69. The summed E-state index contributed by atoms with van der Waals surface area (Å²) in [6, 6.07) is 7.90. The number of rotatable bonds is 2. The molecule has 1 unspecified atom stereocenters. The first-order valence-electron chi connectivity index (χ1n) is 7.15. The van der Waals surface area contributed by atoms with Gasteiger partial charge in [-0.1, -0.05) is 37.3 Å². The maximum absolute atomic E-state index is 13.3. The molecule has 0 N–H and O–H groups in total. The van der Waals surface area contributed by atoms with Crippen molar-refractivity contribution in [1.29, 1.82) is 0 Å². The Hall–Kier alpha value is -2.01. The van der Waals surface area contributed by atoms with E-state index >= 15 is 0 Å². The van der Waals surface area contributed by atoms with Gasteiger partial charge < -0.3 is 0 Å². The molecule has 3 rings (SSSR count). The summed E-state index contributed by atoms with van der Waals surface area (Å²) in [7, 11) is -3.99. The van der Waals surface area contributed by atoms with E-state index in [1.54, 1.807) is 37.3 Å². The van der Waals surface area contributed by atoms with Crippen LogP contribution in [0.25, 0.3) is 0 Å². The number of fused-ring (bicyclic) bond motifs is 1. The zero-order valence-corrected chi connectivity index (χ0v) is 12.9. The van der Waals surface area contributed by atoms with E-state index in [-0.39, 0.29) is 17.1 Å². The van der Waals surface area contributed by atoms with Gasteiger partial charge in [0.2, 0.25) is 0 Å². The molecule has 1 aromatic rings. The van der Waals surface area contributed by atoms with Crippen molar-refractivity contribution in [3.63, 3.8) is 0 Å². The minimum Gasteiger partial charge on any atom is -0.294 e. The van der Waals surface area contributed by atoms with Crippen LogP contribution in [0.4, 0.5) is 0 Å².